The van der Waals surface area contributed by atoms with Gasteiger partial charge in [-0.15, -0.1) is 0 Å². The SMILES string of the molecule is CC(=O)CC(=O)c1nccn1C. The van der Waals surface area contributed by atoms with Crippen LogP contribution in [0.3, 0.4) is 0 Å². The monoisotopic (exact) mass is 166 g/mol. The normalized spacial score (nSPS) is 9.83. The van der Waals surface area contributed by atoms with Crippen molar-refractivity contribution in [2.75, 3.05) is 0 Å². The summed E-state index contributed by atoms with van der Waals surface area (Å²) >= 11 is 0. The maximum atomic E-state index is 11.2. The number of aryl methyl sites for hydroxylation is 1. The highest BCUT2D eigenvalue weighted by atomic mass is 16.1. The largest absolute Gasteiger partial charge is 0.332 e. The Balaban J connectivity index is 2.78. The zero-order chi connectivity index (χ0) is 9.14. The topological polar surface area (TPSA) is 52.0 Å². The number of rotatable bonds is 3. The Kier molecular flexibility index (Phi) is 2.38. The lowest BCUT2D eigenvalue weighted by atomic mass is 10.2. The molecule has 64 valence electrons. The second kappa shape index (κ2) is 3.30. The maximum Gasteiger partial charge on any atom is 0.205 e. The van der Waals surface area contributed by atoms with E-state index in [4.69, 9.17) is 0 Å². The van der Waals surface area contributed by atoms with Crippen molar-refractivity contribution in [1.82, 2.24) is 9.55 Å². The molecule has 0 aromatic carbocycles. The molecule has 0 spiro atoms. The number of Topliss-reactive ketones (excluding diaryl/α,β-unsaturated/α-hetero) is 2. The third kappa shape index (κ3) is 1.78. The number of carbonyl (C=O) groups is 2. The van der Waals surface area contributed by atoms with Crippen molar-refractivity contribution >= 4 is 11.6 Å². The Morgan fingerprint density at radius 3 is 2.67 bits per heavy atom. The van der Waals surface area contributed by atoms with E-state index >= 15 is 0 Å². The summed E-state index contributed by atoms with van der Waals surface area (Å²) in [5.41, 5.74) is 0. The molecule has 1 heterocycles. The number of hydrogen-bond donors (Lipinski definition) is 0. The molecule has 0 radical (unpaired) electrons. The Labute approximate surface area is 70.2 Å². The van der Waals surface area contributed by atoms with E-state index in [2.05, 4.69) is 4.98 Å². The molecule has 12 heavy (non-hydrogen) atoms. The third-order valence-electron chi connectivity index (χ3n) is 1.48. The van der Waals surface area contributed by atoms with Crippen molar-refractivity contribution in [3.05, 3.63) is 18.2 Å². The second-order valence-corrected chi connectivity index (χ2v) is 2.66. The molecule has 1 aromatic heterocycles. The highest BCUT2D eigenvalue weighted by Crippen LogP contribution is 1.99. The van der Waals surface area contributed by atoms with Crippen LogP contribution in [-0.2, 0) is 11.8 Å². The van der Waals surface area contributed by atoms with Gasteiger partial charge < -0.3 is 4.57 Å². The predicted molar refractivity (Wildman–Crippen MR) is 42.8 cm³/mol. The van der Waals surface area contributed by atoms with Crippen LogP contribution in [0.4, 0.5) is 0 Å². The molecular weight excluding hydrogens is 156 g/mol. The van der Waals surface area contributed by atoms with Gasteiger partial charge in [0.15, 0.2) is 5.82 Å². The lowest BCUT2D eigenvalue weighted by Gasteiger charge is -1.97. The molecule has 0 amide bonds. The van der Waals surface area contributed by atoms with Crippen LogP contribution in [0.5, 0.6) is 0 Å². The van der Waals surface area contributed by atoms with Crippen molar-refractivity contribution in [2.45, 2.75) is 13.3 Å². The quantitative estimate of drug-likeness (QED) is 0.487. The van der Waals surface area contributed by atoms with Crippen molar-refractivity contribution in [2.24, 2.45) is 7.05 Å². The lowest BCUT2D eigenvalue weighted by Crippen LogP contribution is -2.10. The number of carbonyl (C=O) groups excluding carboxylic acids is 2. The van der Waals surface area contributed by atoms with E-state index in [0.29, 0.717) is 5.82 Å². The summed E-state index contributed by atoms with van der Waals surface area (Å²) in [5.74, 6) is -0.0248. The minimum Gasteiger partial charge on any atom is -0.332 e. The average molecular weight is 166 g/mol. The first-order valence-electron chi connectivity index (χ1n) is 3.61. The molecule has 0 saturated carbocycles. The van der Waals surface area contributed by atoms with E-state index in [1.807, 2.05) is 0 Å². The molecule has 0 aliphatic carbocycles. The molecule has 4 heteroatoms. The van der Waals surface area contributed by atoms with Gasteiger partial charge in [-0.2, -0.15) is 0 Å². The zero-order valence-corrected chi connectivity index (χ0v) is 7.07. The molecule has 0 aliphatic heterocycles. The molecule has 1 aromatic rings. The van der Waals surface area contributed by atoms with Gasteiger partial charge in [-0.25, -0.2) is 4.98 Å². The Morgan fingerprint density at radius 2 is 2.25 bits per heavy atom. The van der Waals surface area contributed by atoms with Gasteiger partial charge in [0.05, 0.1) is 6.42 Å². The fourth-order valence-electron chi connectivity index (χ4n) is 0.939. The van der Waals surface area contributed by atoms with Crippen LogP contribution in [0.2, 0.25) is 0 Å². The van der Waals surface area contributed by atoms with Gasteiger partial charge >= 0.3 is 0 Å². The Bertz CT molecular complexity index is 315. The van der Waals surface area contributed by atoms with Crippen molar-refractivity contribution < 1.29 is 9.59 Å². The maximum absolute atomic E-state index is 11.2. The minimum atomic E-state index is -0.227. The highest BCUT2D eigenvalue weighted by Gasteiger charge is 2.12. The van der Waals surface area contributed by atoms with E-state index in [0.717, 1.165) is 0 Å². The van der Waals surface area contributed by atoms with Crippen LogP contribution in [0.15, 0.2) is 12.4 Å². The van der Waals surface area contributed by atoms with E-state index < -0.39 is 0 Å². The van der Waals surface area contributed by atoms with Crippen LogP contribution in [-0.4, -0.2) is 21.1 Å². The first-order valence-corrected chi connectivity index (χ1v) is 3.61. The predicted octanol–water partition coefficient (Wildman–Crippen LogP) is 0.582. The average Bonchev–Trinajstić information content (AvgIpc) is 2.33. The molecule has 0 saturated heterocycles. The van der Waals surface area contributed by atoms with Crippen LogP contribution in [0.1, 0.15) is 24.0 Å². The van der Waals surface area contributed by atoms with Gasteiger partial charge in [0, 0.05) is 19.4 Å². The minimum absolute atomic E-state index is 0.0646. The van der Waals surface area contributed by atoms with Gasteiger partial charge in [-0.3, -0.25) is 9.59 Å². The first kappa shape index (κ1) is 8.64. The number of ketones is 2. The summed E-state index contributed by atoms with van der Waals surface area (Å²) < 4.78 is 1.60. The summed E-state index contributed by atoms with van der Waals surface area (Å²) in [5, 5.41) is 0. The summed E-state index contributed by atoms with van der Waals surface area (Å²) in [4.78, 5) is 25.7. The molecule has 4 nitrogen and oxygen atoms in total. The van der Waals surface area contributed by atoms with Crippen LogP contribution >= 0.6 is 0 Å². The number of nitrogens with zero attached hydrogens (tertiary/aromatic N) is 2. The molecule has 0 N–H and O–H groups in total. The van der Waals surface area contributed by atoms with E-state index in [1.165, 1.54) is 13.1 Å². The fraction of sp³-hybridized carbons (Fsp3) is 0.375. The summed E-state index contributed by atoms with van der Waals surface area (Å²) in [6.07, 6.45) is 3.14. The lowest BCUT2D eigenvalue weighted by molar-refractivity contribution is -0.116. The van der Waals surface area contributed by atoms with Gasteiger partial charge in [0.2, 0.25) is 5.78 Å². The molecule has 1 rings (SSSR count). The number of aromatic nitrogens is 2. The molecular formula is C8H10N2O2. The molecule has 0 fully saturated rings. The smallest absolute Gasteiger partial charge is 0.205 e. The van der Waals surface area contributed by atoms with Crippen LogP contribution in [0, 0.1) is 0 Å². The Hall–Kier alpha value is -1.45. The zero-order valence-electron chi connectivity index (χ0n) is 7.07. The fourth-order valence-corrected chi connectivity index (χ4v) is 0.939. The number of imidazole rings is 1. The van der Waals surface area contributed by atoms with Gasteiger partial charge in [0.1, 0.15) is 5.78 Å². The van der Waals surface area contributed by atoms with E-state index in [9.17, 15) is 9.59 Å². The van der Waals surface area contributed by atoms with Gasteiger partial charge in [0.25, 0.3) is 0 Å². The van der Waals surface area contributed by atoms with Gasteiger partial charge in [-0.05, 0) is 6.92 Å². The van der Waals surface area contributed by atoms with E-state index in [1.54, 1.807) is 17.8 Å². The molecule has 0 aliphatic rings. The van der Waals surface area contributed by atoms with Gasteiger partial charge in [-0.1, -0.05) is 0 Å². The third-order valence-corrected chi connectivity index (χ3v) is 1.48. The number of hydrogen-bond acceptors (Lipinski definition) is 3. The van der Waals surface area contributed by atoms with Crippen LogP contribution in [0.25, 0.3) is 0 Å². The standard InChI is InChI=1S/C8H10N2O2/c1-6(11)5-7(12)8-9-3-4-10(8)2/h3-4H,5H2,1-2H3. The molecule has 0 bridgehead atoms. The van der Waals surface area contributed by atoms with E-state index in [-0.39, 0.29) is 18.0 Å². The molecule has 0 atom stereocenters. The Morgan fingerprint density at radius 1 is 1.58 bits per heavy atom. The van der Waals surface area contributed by atoms with Crippen LogP contribution < -0.4 is 0 Å². The van der Waals surface area contributed by atoms with Crippen molar-refractivity contribution in [3.63, 3.8) is 0 Å². The summed E-state index contributed by atoms with van der Waals surface area (Å²) in [6.45, 7) is 1.39. The van der Waals surface area contributed by atoms with Crippen molar-refractivity contribution in [3.8, 4) is 0 Å². The summed E-state index contributed by atoms with van der Waals surface area (Å²) in [7, 11) is 1.72. The summed E-state index contributed by atoms with van der Waals surface area (Å²) in [6, 6.07) is 0. The first-order chi connectivity index (χ1) is 5.61. The highest BCUT2D eigenvalue weighted by molar-refractivity contribution is 6.05. The molecule has 0 unspecified atom stereocenters. The van der Waals surface area contributed by atoms with Crippen molar-refractivity contribution in [1.29, 1.82) is 0 Å². The second-order valence-electron chi connectivity index (χ2n) is 2.66.